The van der Waals surface area contributed by atoms with E-state index in [0.29, 0.717) is 15.7 Å². The molecule has 2 N–H and O–H groups in total. The molecule has 0 fully saturated rings. The zero-order chi connectivity index (χ0) is 18.5. The molecule has 0 amide bonds. The highest BCUT2D eigenvalue weighted by Gasteiger charge is 2.14. The summed E-state index contributed by atoms with van der Waals surface area (Å²) in [5.41, 5.74) is 5.33. The van der Waals surface area contributed by atoms with Gasteiger partial charge in [0.1, 0.15) is 0 Å². The second-order valence-electron chi connectivity index (χ2n) is 5.39. The average molecular weight is 386 g/mol. The Morgan fingerprint density at radius 1 is 1.27 bits per heavy atom. The fourth-order valence-corrected chi connectivity index (χ4v) is 3.55. The van der Waals surface area contributed by atoms with Crippen molar-refractivity contribution in [1.82, 2.24) is 4.98 Å². The minimum absolute atomic E-state index is 0.197. The van der Waals surface area contributed by atoms with Gasteiger partial charge in [0.15, 0.2) is 0 Å². The number of carboxylic acids is 1. The number of anilines is 1. The van der Waals surface area contributed by atoms with E-state index in [0.717, 1.165) is 22.6 Å². The topological polar surface area (TPSA) is 74.6 Å². The van der Waals surface area contributed by atoms with Crippen LogP contribution in [0.4, 0.5) is 5.13 Å². The first-order valence-corrected chi connectivity index (χ1v) is 9.15. The van der Waals surface area contributed by atoms with Crippen molar-refractivity contribution >= 4 is 40.3 Å². The molecule has 0 saturated heterocycles. The highest BCUT2D eigenvalue weighted by atomic mass is 35.5. The predicted molar refractivity (Wildman–Crippen MR) is 107 cm³/mol. The van der Waals surface area contributed by atoms with Gasteiger partial charge >= 0.3 is 5.97 Å². The highest BCUT2D eigenvalue weighted by Crippen LogP contribution is 2.35. The van der Waals surface area contributed by atoms with Crippen LogP contribution in [0.3, 0.4) is 0 Å². The smallest absolute Gasteiger partial charge is 0.336 e. The van der Waals surface area contributed by atoms with Crippen LogP contribution in [-0.2, 0) is 6.42 Å². The van der Waals surface area contributed by atoms with Gasteiger partial charge in [-0.25, -0.2) is 9.78 Å². The molecule has 5 nitrogen and oxygen atoms in total. The Morgan fingerprint density at radius 3 is 2.73 bits per heavy atom. The summed E-state index contributed by atoms with van der Waals surface area (Å²) in [6.07, 6.45) is 2.30. The van der Waals surface area contributed by atoms with Crippen molar-refractivity contribution in [1.29, 1.82) is 0 Å². The number of carbonyl (C=O) groups is 1. The summed E-state index contributed by atoms with van der Waals surface area (Å²) < 4.78 is 0. The van der Waals surface area contributed by atoms with E-state index in [4.69, 9.17) is 11.6 Å². The van der Waals surface area contributed by atoms with Crippen molar-refractivity contribution in [2.45, 2.75) is 13.3 Å². The van der Waals surface area contributed by atoms with Gasteiger partial charge in [0.2, 0.25) is 5.13 Å². The number of hydrogen-bond donors (Lipinski definition) is 2. The summed E-state index contributed by atoms with van der Waals surface area (Å²) in [5, 5.41) is 14.6. The third kappa shape index (κ3) is 3.92. The van der Waals surface area contributed by atoms with Gasteiger partial charge in [-0.15, -0.1) is 0 Å². The van der Waals surface area contributed by atoms with Crippen LogP contribution in [0.1, 0.15) is 27.7 Å². The van der Waals surface area contributed by atoms with Gasteiger partial charge in [-0.3, -0.25) is 5.43 Å². The van der Waals surface area contributed by atoms with Crippen molar-refractivity contribution in [3.63, 3.8) is 0 Å². The lowest BCUT2D eigenvalue weighted by molar-refractivity contribution is 0.0697. The lowest BCUT2D eigenvalue weighted by Gasteiger charge is -2.02. The third-order valence-corrected chi connectivity index (χ3v) is 5.14. The van der Waals surface area contributed by atoms with Crippen molar-refractivity contribution in [2.24, 2.45) is 5.10 Å². The van der Waals surface area contributed by atoms with E-state index in [1.54, 1.807) is 18.2 Å². The van der Waals surface area contributed by atoms with Crippen LogP contribution in [0, 0.1) is 0 Å². The van der Waals surface area contributed by atoms with Crippen LogP contribution in [0.25, 0.3) is 11.3 Å². The SMILES string of the molecule is CCc1sc(N/N=C/c2ccccc2C(=O)O)nc1-c1ccccc1Cl. The quantitative estimate of drug-likeness (QED) is 0.453. The summed E-state index contributed by atoms with van der Waals surface area (Å²) in [7, 11) is 0. The minimum atomic E-state index is -0.990. The molecule has 26 heavy (non-hydrogen) atoms. The van der Waals surface area contributed by atoms with E-state index in [1.165, 1.54) is 23.6 Å². The first-order chi connectivity index (χ1) is 12.6. The first-order valence-electron chi connectivity index (χ1n) is 7.96. The number of nitrogens with zero attached hydrogens (tertiary/aromatic N) is 2. The monoisotopic (exact) mass is 385 g/mol. The zero-order valence-electron chi connectivity index (χ0n) is 13.9. The molecule has 0 saturated carbocycles. The van der Waals surface area contributed by atoms with Crippen LogP contribution >= 0.6 is 22.9 Å². The molecule has 0 unspecified atom stereocenters. The van der Waals surface area contributed by atoms with E-state index in [-0.39, 0.29) is 5.56 Å². The number of hydrogen-bond acceptors (Lipinski definition) is 5. The van der Waals surface area contributed by atoms with E-state index in [2.05, 4.69) is 22.4 Å². The standard InChI is InChI=1S/C19H16ClN3O2S/c1-2-16-17(14-9-5-6-10-15(14)20)22-19(26-16)23-21-11-12-7-3-4-8-13(12)18(24)25/h3-11H,2H2,1H3,(H,22,23)(H,24,25)/b21-11+. The molecule has 3 rings (SSSR count). The number of nitrogens with one attached hydrogen (secondary N) is 1. The molecule has 1 aromatic heterocycles. The van der Waals surface area contributed by atoms with Crippen LogP contribution in [0.15, 0.2) is 53.6 Å². The number of hydrazone groups is 1. The molecule has 0 aliphatic rings. The molecule has 0 bridgehead atoms. The van der Waals surface area contributed by atoms with Gasteiger partial charge in [0.25, 0.3) is 0 Å². The van der Waals surface area contributed by atoms with Gasteiger partial charge in [-0.1, -0.05) is 66.3 Å². The first kappa shape index (κ1) is 18.1. The van der Waals surface area contributed by atoms with Gasteiger partial charge in [-0.05, 0) is 18.6 Å². The predicted octanol–water partition coefficient (Wildman–Crippen LogP) is 5.17. The number of benzene rings is 2. The Balaban J connectivity index is 1.84. The number of aryl methyl sites for hydroxylation is 1. The second-order valence-corrected chi connectivity index (χ2v) is 6.88. The number of halogens is 1. The Bertz CT molecular complexity index is 969. The van der Waals surface area contributed by atoms with Crippen LogP contribution in [0.2, 0.25) is 5.02 Å². The Labute approximate surface area is 160 Å². The molecule has 132 valence electrons. The van der Waals surface area contributed by atoms with Gasteiger partial charge < -0.3 is 5.11 Å². The third-order valence-electron chi connectivity index (χ3n) is 3.70. The number of aromatic carboxylic acids is 1. The van der Waals surface area contributed by atoms with Crippen LogP contribution in [-0.4, -0.2) is 22.3 Å². The molecular weight excluding hydrogens is 370 g/mol. The number of aromatic nitrogens is 1. The lowest BCUT2D eigenvalue weighted by atomic mass is 10.1. The van der Waals surface area contributed by atoms with E-state index >= 15 is 0 Å². The molecule has 0 radical (unpaired) electrons. The number of rotatable bonds is 6. The number of carboxylic acid groups (broad SMARTS) is 1. The van der Waals surface area contributed by atoms with Gasteiger partial charge in [0.05, 0.1) is 17.5 Å². The maximum atomic E-state index is 11.2. The van der Waals surface area contributed by atoms with E-state index in [1.807, 2.05) is 24.3 Å². The highest BCUT2D eigenvalue weighted by molar-refractivity contribution is 7.16. The molecule has 0 atom stereocenters. The van der Waals surface area contributed by atoms with Gasteiger partial charge in [-0.2, -0.15) is 5.10 Å². The summed E-state index contributed by atoms with van der Waals surface area (Å²) in [6.45, 7) is 2.06. The molecule has 7 heteroatoms. The maximum Gasteiger partial charge on any atom is 0.336 e. The summed E-state index contributed by atoms with van der Waals surface area (Å²) >= 11 is 7.79. The van der Waals surface area contributed by atoms with E-state index < -0.39 is 5.97 Å². The summed E-state index contributed by atoms with van der Waals surface area (Å²) in [6, 6.07) is 14.3. The van der Waals surface area contributed by atoms with Crippen molar-refractivity contribution in [3.8, 4) is 11.3 Å². The largest absolute Gasteiger partial charge is 0.478 e. The van der Waals surface area contributed by atoms with Crippen molar-refractivity contribution in [2.75, 3.05) is 5.43 Å². The molecular formula is C19H16ClN3O2S. The number of thiazole rings is 1. The van der Waals surface area contributed by atoms with Gasteiger partial charge in [0, 0.05) is 21.0 Å². The Kier molecular flexibility index (Phi) is 5.65. The Hall–Kier alpha value is -2.70. The van der Waals surface area contributed by atoms with Crippen molar-refractivity contribution < 1.29 is 9.90 Å². The van der Waals surface area contributed by atoms with Crippen molar-refractivity contribution in [3.05, 3.63) is 69.6 Å². The zero-order valence-corrected chi connectivity index (χ0v) is 15.5. The molecule has 0 aliphatic heterocycles. The van der Waals surface area contributed by atoms with Crippen LogP contribution in [0.5, 0.6) is 0 Å². The molecule has 2 aromatic carbocycles. The summed E-state index contributed by atoms with van der Waals surface area (Å²) in [4.78, 5) is 16.9. The fourth-order valence-electron chi connectivity index (χ4n) is 2.46. The lowest BCUT2D eigenvalue weighted by Crippen LogP contribution is -2.02. The second kappa shape index (κ2) is 8.12. The fraction of sp³-hybridized carbons (Fsp3) is 0.105. The molecule has 0 aliphatic carbocycles. The minimum Gasteiger partial charge on any atom is -0.478 e. The maximum absolute atomic E-state index is 11.2. The average Bonchev–Trinajstić information content (AvgIpc) is 3.05. The van der Waals surface area contributed by atoms with Crippen LogP contribution < -0.4 is 5.43 Å². The normalized spacial score (nSPS) is 11.0. The van der Waals surface area contributed by atoms with E-state index in [9.17, 15) is 9.90 Å². The molecule has 0 spiro atoms. The molecule has 3 aromatic rings. The summed E-state index contributed by atoms with van der Waals surface area (Å²) in [5.74, 6) is -0.990. The Morgan fingerprint density at radius 2 is 2.00 bits per heavy atom. The molecule has 1 heterocycles.